The zero-order valence-corrected chi connectivity index (χ0v) is 13.7. The first kappa shape index (κ1) is 16.7. The molecule has 0 saturated carbocycles. The first-order chi connectivity index (χ1) is 12.0. The molecule has 0 unspecified atom stereocenters. The van der Waals surface area contributed by atoms with E-state index in [-0.39, 0.29) is 11.3 Å². The highest BCUT2D eigenvalue weighted by Crippen LogP contribution is 2.26. The Morgan fingerprint density at radius 2 is 2.08 bits per heavy atom. The van der Waals surface area contributed by atoms with E-state index < -0.39 is 17.1 Å². The van der Waals surface area contributed by atoms with Gasteiger partial charge < -0.3 is 14.8 Å². The van der Waals surface area contributed by atoms with Crippen LogP contribution in [0.1, 0.15) is 45.3 Å². The molecule has 0 spiro atoms. The van der Waals surface area contributed by atoms with Crippen LogP contribution in [0.5, 0.6) is 5.75 Å². The molecule has 0 atom stereocenters. The van der Waals surface area contributed by atoms with Crippen molar-refractivity contribution in [1.82, 2.24) is 4.98 Å². The number of carbonyl (C=O) groups excluding carboxylic acids is 1. The molecule has 1 aromatic heterocycles. The predicted octanol–water partition coefficient (Wildman–Crippen LogP) is 2.68. The van der Waals surface area contributed by atoms with E-state index in [2.05, 4.69) is 4.98 Å². The highest BCUT2D eigenvalue weighted by molar-refractivity contribution is 6.13. The molecule has 0 aliphatic heterocycles. The number of H-pyrrole nitrogens is 1. The highest BCUT2D eigenvalue weighted by Gasteiger charge is 2.25. The minimum absolute atomic E-state index is 0.246. The van der Waals surface area contributed by atoms with Gasteiger partial charge in [0, 0.05) is 16.8 Å². The molecule has 1 heterocycles. The second-order valence-corrected chi connectivity index (χ2v) is 5.71. The number of hydrogen-bond acceptors (Lipinski definition) is 4. The van der Waals surface area contributed by atoms with Crippen molar-refractivity contribution in [3.8, 4) is 5.75 Å². The summed E-state index contributed by atoms with van der Waals surface area (Å²) in [6, 6.07) is 8.57. The second-order valence-electron chi connectivity index (χ2n) is 5.71. The molecule has 2 aromatic rings. The number of nitrogens with one attached hydrogen (secondary N) is 1. The van der Waals surface area contributed by atoms with Crippen LogP contribution in [-0.2, 0) is 6.42 Å². The van der Waals surface area contributed by atoms with Crippen LogP contribution in [0, 0.1) is 0 Å². The topological polar surface area (TPSA) is 96.5 Å². The van der Waals surface area contributed by atoms with Gasteiger partial charge in [-0.2, -0.15) is 0 Å². The van der Waals surface area contributed by atoms with E-state index in [9.17, 15) is 14.4 Å². The molecule has 128 valence electrons. The maximum Gasteiger partial charge on any atom is 0.341 e. The number of ketones is 1. The number of allylic oxidation sites excluding steroid dienone is 1. The van der Waals surface area contributed by atoms with Crippen LogP contribution in [0.25, 0.3) is 6.08 Å². The number of aromatic carboxylic acids is 1. The van der Waals surface area contributed by atoms with Gasteiger partial charge in [0.25, 0.3) is 5.56 Å². The first-order valence-corrected chi connectivity index (χ1v) is 7.97. The maximum atomic E-state index is 12.7. The Bertz CT molecular complexity index is 939. The van der Waals surface area contributed by atoms with Crippen LogP contribution in [0.3, 0.4) is 0 Å². The summed E-state index contributed by atoms with van der Waals surface area (Å²) in [5, 5.41) is 9.08. The van der Waals surface area contributed by atoms with Gasteiger partial charge in [-0.05, 0) is 49.6 Å². The molecule has 0 fully saturated rings. The molecule has 1 aromatic carbocycles. The third-order valence-corrected chi connectivity index (χ3v) is 4.04. The van der Waals surface area contributed by atoms with Crippen LogP contribution < -0.4 is 10.3 Å². The SMILES string of the molecule is CCOc1cccc(/C=C2/CCc3[nH]c(=O)c(C(=O)O)cc3C2=O)c1. The summed E-state index contributed by atoms with van der Waals surface area (Å²) >= 11 is 0. The smallest absolute Gasteiger partial charge is 0.341 e. The fourth-order valence-electron chi connectivity index (χ4n) is 2.87. The fraction of sp³-hybridized carbons (Fsp3) is 0.211. The van der Waals surface area contributed by atoms with Gasteiger partial charge in [0.2, 0.25) is 0 Å². The molecular formula is C19H17NO5. The highest BCUT2D eigenvalue weighted by atomic mass is 16.5. The van der Waals surface area contributed by atoms with Gasteiger partial charge >= 0.3 is 5.97 Å². The number of aryl methyl sites for hydroxylation is 1. The summed E-state index contributed by atoms with van der Waals surface area (Å²) in [5.41, 5.74) is 1.03. The van der Waals surface area contributed by atoms with E-state index in [0.717, 1.165) is 11.3 Å². The van der Waals surface area contributed by atoms with Crippen LogP contribution in [0.15, 0.2) is 40.7 Å². The molecule has 3 rings (SSSR count). The van der Waals surface area contributed by atoms with Gasteiger partial charge in [0.1, 0.15) is 11.3 Å². The fourth-order valence-corrected chi connectivity index (χ4v) is 2.87. The lowest BCUT2D eigenvalue weighted by Crippen LogP contribution is -2.25. The third kappa shape index (κ3) is 3.38. The zero-order chi connectivity index (χ0) is 18.0. The van der Waals surface area contributed by atoms with Crippen molar-refractivity contribution in [3.05, 3.63) is 68.6 Å². The molecule has 6 nitrogen and oxygen atoms in total. The number of carbonyl (C=O) groups is 2. The molecule has 25 heavy (non-hydrogen) atoms. The Morgan fingerprint density at radius 1 is 1.28 bits per heavy atom. The van der Waals surface area contributed by atoms with Gasteiger partial charge in [-0.25, -0.2) is 4.79 Å². The number of ether oxygens (including phenoxy) is 1. The van der Waals surface area contributed by atoms with Crippen LogP contribution in [0.2, 0.25) is 0 Å². The lowest BCUT2D eigenvalue weighted by molar-refractivity contribution is 0.0695. The van der Waals surface area contributed by atoms with Crippen molar-refractivity contribution in [2.75, 3.05) is 6.61 Å². The normalized spacial score (nSPS) is 15.1. The van der Waals surface area contributed by atoms with E-state index >= 15 is 0 Å². The Balaban J connectivity index is 1.98. The predicted molar refractivity (Wildman–Crippen MR) is 92.3 cm³/mol. The minimum atomic E-state index is -1.35. The van der Waals surface area contributed by atoms with Gasteiger partial charge in [0.15, 0.2) is 5.78 Å². The molecule has 1 aliphatic carbocycles. The monoisotopic (exact) mass is 339 g/mol. The molecule has 0 radical (unpaired) electrons. The number of pyridine rings is 1. The lowest BCUT2D eigenvalue weighted by Gasteiger charge is -2.17. The average molecular weight is 339 g/mol. The first-order valence-electron chi connectivity index (χ1n) is 7.97. The van der Waals surface area contributed by atoms with Crippen LogP contribution in [-0.4, -0.2) is 28.4 Å². The number of Topliss-reactive ketones (excluding diaryl/α,β-unsaturated/α-hetero) is 1. The van der Waals surface area contributed by atoms with E-state index in [1.165, 1.54) is 6.07 Å². The summed E-state index contributed by atoms with van der Waals surface area (Å²) < 4.78 is 5.45. The van der Waals surface area contributed by atoms with E-state index in [1.807, 2.05) is 31.2 Å². The van der Waals surface area contributed by atoms with Crippen molar-refractivity contribution < 1.29 is 19.4 Å². The van der Waals surface area contributed by atoms with Gasteiger partial charge in [-0.15, -0.1) is 0 Å². The van der Waals surface area contributed by atoms with Crippen molar-refractivity contribution in [1.29, 1.82) is 0 Å². The number of carboxylic acid groups (broad SMARTS) is 1. The van der Waals surface area contributed by atoms with Crippen LogP contribution in [0.4, 0.5) is 0 Å². The quantitative estimate of drug-likeness (QED) is 0.835. The van der Waals surface area contributed by atoms with E-state index in [0.29, 0.717) is 30.7 Å². The van der Waals surface area contributed by atoms with Crippen molar-refractivity contribution in [3.63, 3.8) is 0 Å². The van der Waals surface area contributed by atoms with Crippen molar-refractivity contribution >= 4 is 17.8 Å². The van der Waals surface area contributed by atoms with Gasteiger partial charge in [0.05, 0.1) is 6.61 Å². The standard InChI is InChI=1S/C19H17NO5/c1-2-25-13-5-3-4-11(9-13)8-12-6-7-16-14(17(12)21)10-15(19(23)24)18(22)20-16/h3-5,8-10H,2,6-7H2,1H3,(H,20,22)(H,23,24)/b12-8-. The number of hydrogen-bond donors (Lipinski definition) is 2. The second kappa shape index (κ2) is 6.76. The van der Waals surface area contributed by atoms with Gasteiger partial charge in [-0.3, -0.25) is 9.59 Å². The zero-order valence-electron chi connectivity index (χ0n) is 13.7. The molecule has 1 aliphatic rings. The van der Waals surface area contributed by atoms with E-state index in [4.69, 9.17) is 9.84 Å². The Morgan fingerprint density at radius 3 is 2.80 bits per heavy atom. The number of benzene rings is 1. The molecular weight excluding hydrogens is 322 g/mol. The summed E-state index contributed by atoms with van der Waals surface area (Å²) in [5.74, 6) is -0.891. The summed E-state index contributed by atoms with van der Waals surface area (Å²) in [7, 11) is 0. The number of fused-ring (bicyclic) bond motifs is 1. The number of rotatable bonds is 4. The van der Waals surface area contributed by atoms with Crippen molar-refractivity contribution in [2.24, 2.45) is 0 Å². The average Bonchev–Trinajstić information content (AvgIpc) is 2.57. The molecule has 0 bridgehead atoms. The Labute approximate surface area is 143 Å². The Hall–Kier alpha value is -3.15. The molecule has 0 saturated heterocycles. The maximum absolute atomic E-state index is 12.7. The lowest BCUT2D eigenvalue weighted by atomic mass is 9.88. The molecule has 6 heteroatoms. The summed E-state index contributed by atoms with van der Waals surface area (Å²) in [6.07, 6.45) is 2.74. The minimum Gasteiger partial charge on any atom is -0.494 e. The third-order valence-electron chi connectivity index (χ3n) is 4.04. The number of aromatic nitrogens is 1. The largest absolute Gasteiger partial charge is 0.494 e. The Kier molecular flexibility index (Phi) is 4.52. The van der Waals surface area contributed by atoms with Crippen LogP contribution >= 0.6 is 0 Å². The van der Waals surface area contributed by atoms with Crippen molar-refractivity contribution in [2.45, 2.75) is 19.8 Å². The molecule has 0 amide bonds. The number of carboxylic acids is 1. The molecule has 2 N–H and O–H groups in total. The van der Waals surface area contributed by atoms with E-state index in [1.54, 1.807) is 6.08 Å². The summed E-state index contributed by atoms with van der Waals surface area (Å²) in [4.78, 5) is 38.1. The summed E-state index contributed by atoms with van der Waals surface area (Å²) in [6.45, 7) is 2.45. The number of aromatic amines is 1. The van der Waals surface area contributed by atoms with Gasteiger partial charge in [-0.1, -0.05) is 12.1 Å².